The first-order valence-electron chi connectivity index (χ1n) is 6.18. The molecule has 2 heteroatoms. The molecule has 0 radical (unpaired) electrons. The van der Waals surface area contributed by atoms with Crippen molar-refractivity contribution in [3.05, 3.63) is 0 Å². The average Bonchev–Trinajstić information content (AvgIpc) is 2.83. The summed E-state index contributed by atoms with van der Waals surface area (Å²) in [5.41, 5.74) is 6.99. The van der Waals surface area contributed by atoms with Gasteiger partial charge in [0.2, 0.25) is 0 Å². The van der Waals surface area contributed by atoms with E-state index >= 15 is 0 Å². The molecule has 2 saturated carbocycles. The predicted octanol–water partition coefficient (Wildman–Crippen LogP) is 2.04. The molecular weight excluding hydrogens is 172 g/mol. The monoisotopic (exact) mass is 196 g/mol. The van der Waals surface area contributed by atoms with Gasteiger partial charge in [0.25, 0.3) is 0 Å². The highest BCUT2D eigenvalue weighted by Crippen LogP contribution is 2.49. The number of nitrogens with two attached hydrogens (primary N) is 1. The van der Waals surface area contributed by atoms with E-state index in [0.717, 1.165) is 6.54 Å². The Morgan fingerprint density at radius 2 is 1.86 bits per heavy atom. The van der Waals surface area contributed by atoms with Gasteiger partial charge in [-0.25, -0.2) is 0 Å². The van der Waals surface area contributed by atoms with Crippen LogP contribution >= 0.6 is 0 Å². The quantitative estimate of drug-likeness (QED) is 0.682. The van der Waals surface area contributed by atoms with E-state index in [1.54, 1.807) is 0 Å². The van der Waals surface area contributed by atoms with E-state index in [0.29, 0.717) is 5.41 Å². The lowest BCUT2D eigenvalue weighted by Crippen LogP contribution is -2.54. The molecule has 82 valence electrons. The van der Waals surface area contributed by atoms with E-state index in [2.05, 4.69) is 12.2 Å². The third kappa shape index (κ3) is 2.29. The highest BCUT2D eigenvalue weighted by molar-refractivity contribution is 4.98. The molecule has 0 atom stereocenters. The second-order valence-corrected chi connectivity index (χ2v) is 5.57. The fourth-order valence-electron chi connectivity index (χ4n) is 2.61. The van der Waals surface area contributed by atoms with E-state index in [-0.39, 0.29) is 5.54 Å². The fraction of sp³-hybridized carbons (Fsp3) is 1.00. The van der Waals surface area contributed by atoms with Gasteiger partial charge in [-0.1, -0.05) is 13.3 Å². The van der Waals surface area contributed by atoms with Crippen molar-refractivity contribution in [2.75, 3.05) is 13.1 Å². The lowest BCUT2D eigenvalue weighted by atomic mass is 9.77. The third-order valence-electron chi connectivity index (χ3n) is 4.06. The van der Waals surface area contributed by atoms with Gasteiger partial charge in [-0.15, -0.1) is 0 Å². The van der Waals surface area contributed by atoms with Crippen LogP contribution in [0.4, 0.5) is 0 Å². The van der Waals surface area contributed by atoms with Crippen molar-refractivity contribution in [3.63, 3.8) is 0 Å². The molecule has 0 aromatic rings. The second kappa shape index (κ2) is 3.82. The molecule has 2 nitrogen and oxygen atoms in total. The second-order valence-electron chi connectivity index (χ2n) is 5.57. The fourth-order valence-corrected chi connectivity index (χ4v) is 2.61. The van der Waals surface area contributed by atoms with E-state index in [1.165, 1.54) is 51.5 Å². The number of nitrogens with one attached hydrogen (secondary N) is 1. The highest BCUT2D eigenvalue weighted by Gasteiger charge is 2.41. The summed E-state index contributed by atoms with van der Waals surface area (Å²) in [4.78, 5) is 0. The normalized spacial score (nSPS) is 27.0. The maximum Gasteiger partial charge on any atom is 0.0280 e. The van der Waals surface area contributed by atoms with Gasteiger partial charge in [0.05, 0.1) is 0 Å². The van der Waals surface area contributed by atoms with Gasteiger partial charge in [0, 0.05) is 18.6 Å². The molecule has 3 N–H and O–H groups in total. The Morgan fingerprint density at radius 3 is 2.29 bits per heavy atom. The van der Waals surface area contributed by atoms with Crippen LogP contribution in [0.5, 0.6) is 0 Å². The van der Waals surface area contributed by atoms with Crippen molar-refractivity contribution in [1.82, 2.24) is 5.32 Å². The van der Waals surface area contributed by atoms with Crippen LogP contribution in [0, 0.1) is 5.41 Å². The van der Waals surface area contributed by atoms with Crippen molar-refractivity contribution in [2.24, 2.45) is 11.1 Å². The molecule has 0 aliphatic heterocycles. The summed E-state index contributed by atoms with van der Waals surface area (Å²) < 4.78 is 0. The molecule has 2 rings (SSSR count). The molecule has 0 heterocycles. The molecule has 0 saturated heterocycles. The predicted molar refractivity (Wildman–Crippen MR) is 60.2 cm³/mol. The molecule has 2 aliphatic carbocycles. The van der Waals surface area contributed by atoms with Crippen LogP contribution in [-0.2, 0) is 0 Å². The van der Waals surface area contributed by atoms with Crippen molar-refractivity contribution in [1.29, 1.82) is 0 Å². The van der Waals surface area contributed by atoms with E-state index < -0.39 is 0 Å². The van der Waals surface area contributed by atoms with Gasteiger partial charge in [0.15, 0.2) is 0 Å². The zero-order chi connectivity index (χ0) is 10.1. The summed E-state index contributed by atoms with van der Waals surface area (Å²) in [5.74, 6) is 0. The summed E-state index contributed by atoms with van der Waals surface area (Å²) in [6, 6.07) is 0. The standard InChI is InChI=1S/C12H24N2/c1-2-4-11(7-8-11)9-14-10-12(13)5-3-6-12/h14H,2-10,13H2,1H3. The Bertz CT molecular complexity index is 192. The number of hydrogen-bond acceptors (Lipinski definition) is 2. The maximum atomic E-state index is 6.16. The van der Waals surface area contributed by atoms with Gasteiger partial charge in [0.1, 0.15) is 0 Å². The Labute approximate surface area is 87.6 Å². The Balaban J connectivity index is 1.63. The first kappa shape index (κ1) is 10.4. The van der Waals surface area contributed by atoms with Crippen molar-refractivity contribution < 1.29 is 0 Å². The minimum Gasteiger partial charge on any atom is -0.324 e. The largest absolute Gasteiger partial charge is 0.324 e. The van der Waals surface area contributed by atoms with E-state index in [1.807, 2.05) is 0 Å². The van der Waals surface area contributed by atoms with E-state index in [9.17, 15) is 0 Å². The van der Waals surface area contributed by atoms with Gasteiger partial charge >= 0.3 is 0 Å². The van der Waals surface area contributed by atoms with Crippen molar-refractivity contribution in [2.45, 2.75) is 57.4 Å². The first-order chi connectivity index (χ1) is 6.68. The third-order valence-corrected chi connectivity index (χ3v) is 4.06. The Hall–Kier alpha value is -0.0800. The molecule has 0 bridgehead atoms. The zero-order valence-electron chi connectivity index (χ0n) is 9.44. The average molecular weight is 196 g/mol. The topological polar surface area (TPSA) is 38.0 Å². The molecule has 0 spiro atoms. The molecule has 0 unspecified atom stereocenters. The lowest BCUT2D eigenvalue weighted by Gasteiger charge is -2.38. The van der Waals surface area contributed by atoms with E-state index in [4.69, 9.17) is 5.73 Å². The maximum absolute atomic E-state index is 6.16. The van der Waals surface area contributed by atoms with Crippen LogP contribution in [0.3, 0.4) is 0 Å². The number of rotatable bonds is 6. The summed E-state index contributed by atoms with van der Waals surface area (Å²) in [6.45, 7) is 4.54. The summed E-state index contributed by atoms with van der Waals surface area (Å²) in [5, 5.41) is 3.59. The molecule has 2 aliphatic rings. The molecular formula is C12H24N2. The van der Waals surface area contributed by atoms with Crippen molar-refractivity contribution >= 4 is 0 Å². The summed E-state index contributed by atoms with van der Waals surface area (Å²) in [6.07, 6.45) is 9.38. The lowest BCUT2D eigenvalue weighted by molar-refractivity contribution is 0.232. The van der Waals surface area contributed by atoms with Crippen molar-refractivity contribution in [3.8, 4) is 0 Å². The molecule has 0 aromatic carbocycles. The van der Waals surface area contributed by atoms with Crippen LogP contribution in [0.1, 0.15) is 51.9 Å². The SMILES string of the molecule is CCCC1(CNCC2(N)CCC2)CC1. The minimum atomic E-state index is 0.155. The summed E-state index contributed by atoms with van der Waals surface area (Å²) in [7, 11) is 0. The van der Waals surface area contributed by atoms with Gasteiger partial charge in [-0.2, -0.15) is 0 Å². The highest BCUT2D eigenvalue weighted by atomic mass is 15.0. The molecule has 14 heavy (non-hydrogen) atoms. The van der Waals surface area contributed by atoms with Gasteiger partial charge in [-0.3, -0.25) is 0 Å². The Morgan fingerprint density at radius 1 is 1.14 bits per heavy atom. The molecule has 0 aromatic heterocycles. The Kier molecular flexibility index (Phi) is 2.85. The van der Waals surface area contributed by atoms with Crippen LogP contribution in [-0.4, -0.2) is 18.6 Å². The first-order valence-corrected chi connectivity index (χ1v) is 6.18. The van der Waals surface area contributed by atoms with Gasteiger partial charge in [-0.05, 0) is 43.9 Å². The van der Waals surface area contributed by atoms with Crippen LogP contribution in [0.2, 0.25) is 0 Å². The molecule has 0 amide bonds. The van der Waals surface area contributed by atoms with Crippen LogP contribution in [0.25, 0.3) is 0 Å². The van der Waals surface area contributed by atoms with Gasteiger partial charge < -0.3 is 11.1 Å². The van der Waals surface area contributed by atoms with Crippen LogP contribution in [0.15, 0.2) is 0 Å². The zero-order valence-corrected chi connectivity index (χ0v) is 9.44. The number of hydrogen-bond donors (Lipinski definition) is 2. The van der Waals surface area contributed by atoms with Crippen LogP contribution < -0.4 is 11.1 Å². The smallest absolute Gasteiger partial charge is 0.0280 e. The minimum absolute atomic E-state index is 0.155. The molecule has 2 fully saturated rings. The summed E-state index contributed by atoms with van der Waals surface area (Å²) >= 11 is 0.